The van der Waals surface area contributed by atoms with Crippen LogP contribution in [0.2, 0.25) is 0 Å². The van der Waals surface area contributed by atoms with Crippen molar-refractivity contribution in [3.63, 3.8) is 0 Å². The van der Waals surface area contributed by atoms with E-state index in [0.717, 1.165) is 19.3 Å². The van der Waals surface area contributed by atoms with E-state index in [2.05, 4.69) is 17.2 Å². The molecule has 1 aliphatic rings. The van der Waals surface area contributed by atoms with Gasteiger partial charge in [0.15, 0.2) is 0 Å². The van der Waals surface area contributed by atoms with E-state index in [1.54, 1.807) is 6.92 Å². The van der Waals surface area contributed by atoms with Crippen LogP contribution in [0.25, 0.3) is 0 Å². The summed E-state index contributed by atoms with van der Waals surface area (Å²) in [6.07, 6.45) is 2.46. The van der Waals surface area contributed by atoms with E-state index in [9.17, 15) is 4.79 Å². The normalized spacial score (nSPS) is 18.8. The molecular weight excluding hydrogens is 154 g/mol. The van der Waals surface area contributed by atoms with Crippen molar-refractivity contribution >= 4 is 5.97 Å². The Labute approximate surface area is 72.2 Å². The van der Waals surface area contributed by atoms with Crippen LogP contribution in [0.4, 0.5) is 0 Å². The lowest BCUT2D eigenvalue weighted by atomic mass is 9.77. The van der Waals surface area contributed by atoms with Gasteiger partial charge in [-0.1, -0.05) is 5.92 Å². The molecule has 0 spiro atoms. The number of carbonyl (C=O) groups is 1. The van der Waals surface area contributed by atoms with Crippen LogP contribution in [-0.2, 0) is 4.79 Å². The zero-order chi connectivity index (χ0) is 9.03. The average Bonchev–Trinajstić information content (AvgIpc) is 1.94. The molecule has 0 atom stereocenters. The van der Waals surface area contributed by atoms with Crippen molar-refractivity contribution in [2.45, 2.75) is 31.7 Å². The Balaban J connectivity index is 2.43. The lowest BCUT2D eigenvalue weighted by Crippen LogP contribution is -2.57. The molecule has 0 unspecified atom stereocenters. The summed E-state index contributed by atoms with van der Waals surface area (Å²) in [5, 5.41) is 11.8. The maximum Gasteiger partial charge on any atom is 0.323 e. The van der Waals surface area contributed by atoms with Gasteiger partial charge in [0.25, 0.3) is 0 Å². The average molecular weight is 167 g/mol. The Bertz CT molecular complexity index is 233. The topological polar surface area (TPSA) is 49.3 Å². The van der Waals surface area contributed by atoms with Gasteiger partial charge in [0.1, 0.15) is 5.54 Å². The first-order valence-corrected chi connectivity index (χ1v) is 4.09. The number of hydrogen-bond donors (Lipinski definition) is 2. The highest BCUT2D eigenvalue weighted by Crippen LogP contribution is 2.31. The molecule has 0 amide bonds. The molecular formula is C9H13NO2. The Kier molecular flexibility index (Phi) is 2.72. The third kappa shape index (κ3) is 1.59. The molecule has 0 aliphatic heterocycles. The van der Waals surface area contributed by atoms with Gasteiger partial charge in [0, 0.05) is 0 Å². The highest BCUT2D eigenvalue weighted by Gasteiger charge is 2.43. The van der Waals surface area contributed by atoms with Crippen molar-refractivity contribution in [3.8, 4) is 11.8 Å². The first-order valence-electron chi connectivity index (χ1n) is 4.09. The van der Waals surface area contributed by atoms with Gasteiger partial charge in [-0.2, -0.15) is 0 Å². The maximum absolute atomic E-state index is 10.8. The second kappa shape index (κ2) is 3.59. The van der Waals surface area contributed by atoms with Crippen LogP contribution in [0.5, 0.6) is 0 Å². The number of rotatable bonds is 3. The fourth-order valence-corrected chi connectivity index (χ4v) is 1.30. The Morgan fingerprint density at radius 3 is 2.67 bits per heavy atom. The first kappa shape index (κ1) is 9.08. The van der Waals surface area contributed by atoms with Gasteiger partial charge in [-0.15, -0.1) is 5.92 Å². The van der Waals surface area contributed by atoms with Crippen LogP contribution in [0.1, 0.15) is 26.2 Å². The fourth-order valence-electron chi connectivity index (χ4n) is 1.30. The second-order valence-electron chi connectivity index (χ2n) is 3.02. The van der Waals surface area contributed by atoms with E-state index in [4.69, 9.17) is 5.11 Å². The number of nitrogens with one attached hydrogen (secondary N) is 1. The highest BCUT2D eigenvalue weighted by atomic mass is 16.4. The predicted octanol–water partition coefficient (Wildman–Crippen LogP) is 0.607. The first-order chi connectivity index (χ1) is 5.71. The summed E-state index contributed by atoms with van der Waals surface area (Å²) in [6, 6.07) is 0. The van der Waals surface area contributed by atoms with Gasteiger partial charge >= 0.3 is 5.97 Å². The minimum atomic E-state index is -0.744. The van der Waals surface area contributed by atoms with Crippen LogP contribution < -0.4 is 5.32 Å². The van der Waals surface area contributed by atoms with Gasteiger partial charge in [0.05, 0.1) is 6.54 Å². The lowest BCUT2D eigenvalue weighted by Gasteiger charge is -2.37. The van der Waals surface area contributed by atoms with Gasteiger partial charge < -0.3 is 5.11 Å². The lowest BCUT2D eigenvalue weighted by molar-refractivity contribution is -0.148. The van der Waals surface area contributed by atoms with E-state index < -0.39 is 11.5 Å². The van der Waals surface area contributed by atoms with Crippen LogP contribution in [0, 0.1) is 11.8 Å². The number of carboxylic acid groups (broad SMARTS) is 1. The summed E-state index contributed by atoms with van der Waals surface area (Å²) in [4.78, 5) is 10.8. The maximum atomic E-state index is 10.8. The van der Waals surface area contributed by atoms with E-state index in [-0.39, 0.29) is 0 Å². The van der Waals surface area contributed by atoms with Crippen molar-refractivity contribution in [1.82, 2.24) is 5.32 Å². The molecule has 0 aromatic carbocycles. The number of aliphatic carboxylic acids is 1. The zero-order valence-electron chi connectivity index (χ0n) is 7.18. The molecule has 0 aromatic heterocycles. The van der Waals surface area contributed by atoms with Crippen molar-refractivity contribution in [3.05, 3.63) is 0 Å². The molecule has 66 valence electrons. The third-order valence-electron chi connectivity index (χ3n) is 2.31. The molecule has 3 nitrogen and oxygen atoms in total. The van der Waals surface area contributed by atoms with Crippen LogP contribution in [-0.4, -0.2) is 23.2 Å². The third-order valence-corrected chi connectivity index (χ3v) is 2.31. The molecule has 1 aliphatic carbocycles. The smallest absolute Gasteiger partial charge is 0.323 e. The van der Waals surface area contributed by atoms with Crippen molar-refractivity contribution < 1.29 is 9.90 Å². The van der Waals surface area contributed by atoms with Gasteiger partial charge in [-0.05, 0) is 26.2 Å². The Hall–Kier alpha value is -1.01. The number of carboxylic acids is 1. The van der Waals surface area contributed by atoms with Gasteiger partial charge in [-0.25, -0.2) is 0 Å². The monoisotopic (exact) mass is 167 g/mol. The molecule has 1 fully saturated rings. The Morgan fingerprint density at radius 2 is 2.33 bits per heavy atom. The summed E-state index contributed by atoms with van der Waals surface area (Å²) < 4.78 is 0. The van der Waals surface area contributed by atoms with Crippen LogP contribution >= 0.6 is 0 Å². The minimum absolute atomic E-state index is 0.475. The van der Waals surface area contributed by atoms with Crippen molar-refractivity contribution in [2.24, 2.45) is 0 Å². The second-order valence-corrected chi connectivity index (χ2v) is 3.02. The summed E-state index contributed by atoms with van der Waals surface area (Å²) in [5.74, 6) is 4.78. The van der Waals surface area contributed by atoms with E-state index in [1.807, 2.05) is 0 Å². The summed E-state index contributed by atoms with van der Waals surface area (Å²) in [6.45, 7) is 2.22. The van der Waals surface area contributed by atoms with Crippen LogP contribution in [0.3, 0.4) is 0 Å². The molecule has 1 rings (SSSR count). The largest absolute Gasteiger partial charge is 0.480 e. The Morgan fingerprint density at radius 1 is 1.67 bits per heavy atom. The molecule has 0 bridgehead atoms. The summed E-state index contributed by atoms with van der Waals surface area (Å²) in [7, 11) is 0. The zero-order valence-corrected chi connectivity index (χ0v) is 7.18. The van der Waals surface area contributed by atoms with Gasteiger partial charge in [0.2, 0.25) is 0 Å². The molecule has 0 heterocycles. The molecule has 12 heavy (non-hydrogen) atoms. The molecule has 2 N–H and O–H groups in total. The summed E-state index contributed by atoms with van der Waals surface area (Å²) in [5.41, 5.74) is -0.663. The molecule has 1 saturated carbocycles. The molecule has 0 aromatic rings. The fraction of sp³-hybridized carbons (Fsp3) is 0.667. The van der Waals surface area contributed by atoms with E-state index in [0.29, 0.717) is 6.54 Å². The van der Waals surface area contributed by atoms with Gasteiger partial charge in [-0.3, -0.25) is 10.1 Å². The minimum Gasteiger partial charge on any atom is -0.480 e. The number of hydrogen-bond acceptors (Lipinski definition) is 2. The summed E-state index contributed by atoms with van der Waals surface area (Å²) >= 11 is 0. The standard InChI is InChI=1S/C9H13NO2/c1-2-3-7-10-9(8(11)12)5-4-6-9/h10H,4-7H2,1H3,(H,11,12). The van der Waals surface area contributed by atoms with Crippen molar-refractivity contribution in [1.29, 1.82) is 0 Å². The van der Waals surface area contributed by atoms with Crippen molar-refractivity contribution in [2.75, 3.05) is 6.54 Å². The molecule has 0 radical (unpaired) electrons. The molecule has 3 heteroatoms. The van der Waals surface area contributed by atoms with E-state index in [1.165, 1.54) is 0 Å². The SMILES string of the molecule is CC#CCNC1(C(=O)O)CCC1. The predicted molar refractivity (Wildman–Crippen MR) is 45.7 cm³/mol. The van der Waals surface area contributed by atoms with Crippen LogP contribution in [0.15, 0.2) is 0 Å². The molecule has 0 saturated heterocycles. The highest BCUT2D eigenvalue weighted by molar-refractivity contribution is 5.80. The quantitative estimate of drug-likeness (QED) is 0.605. The van der Waals surface area contributed by atoms with E-state index >= 15 is 0 Å².